The second-order valence-electron chi connectivity index (χ2n) is 8.02. The second kappa shape index (κ2) is 8.68. The van der Waals surface area contributed by atoms with E-state index in [1.165, 1.54) is 0 Å². The maximum absolute atomic E-state index is 13.1. The molecule has 1 fully saturated rings. The molecule has 2 aromatic heterocycles. The number of amides is 2. The largest absolute Gasteiger partial charge is 0.352 e. The second-order valence-corrected chi connectivity index (χ2v) is 8.45. The first-order chi connectivity index (χ1) is 15.6. The Labute approximate surface area is 189 Å². The van der Waals surface area contributed by atoms with E-state index in [2.05, 4.69) is 30.6 Å². The standard InChI is InChI=1S/C22H22ClN7O2/c23-15-4-2-14(3-5-15)10-26-21(32)20-17-12-29(11-16-6-7-19(31)27-16)13-18(17)30(28-20)22-24-8-1-9-25-22/h1-5,8-9,16H,6-7,10-13H2,(H,26,32)(H,27,31)/t16-/m1/s1. The molecule has 9 nitrogen and oxygen atoms in total. The van der Waals surface area contributed by atoms with E-state index in [9.17, 15) is 9.59 Å². The Balaban J connectivity index is 1.37. The van der Waals surface area contributed by atoms with Gasteiger partial charge in [-0.1, -0.05) is 23.7 Å². The molecule has 0 saturated carbocycles. The van der Waals surface area contributed by atoms with E-state index in [0.717, 1.165) is 29.8 Å². The van der Waals surface area contributed by atoms with Gasteiger partial charge in [0.25, 0.3) is 11.9 Å². The molecule has 0 aliphatic carbocycles. The van der Waals surface area contributed by atoms with Gasteiger partial charge >= 0.3 is 0 Å². The van der Waals surface area contributed by atoms with Crippen molar-refractivity contribution in [2.75, 3.05) is 6.54 Å². The maximum Gasteiger partial charge on any atom is 0.272 e. The summed E-state index contributed by atoms with van der Waals surface area (Å²) in [5, 5.41) is 11.2. The van der Waals surface area contributed by atoms with Crippen LogP contribution < -0.4 is 10.6 Å². The van der Waals surface area contributed by atoms with Crippen LogP contribution in [0.4, 0.5) is 0 Å². The van der Waals surface area contributed by atoms with Gasteiger partial charge in [0, 0.05) is 61.6 Å². The fourth-order valence-electron chi connectivity index (χ4n) is 4.18. The van der Waals surface area contributed by atoms with Gasteiger partial charge in [-0.15, -0.1) is 0 Å². The normalized spacial score (nSPS) is 17.9. The molecule has 1 atom stereocenters. The predicted molar refractivity (Wildman–Crippen MR) is 117 cm³/mol. The van der Waals surface area contributed by atoms with Crippen molar-refractivity contribution in [3.63, 3.8) is 0 Å². The molecule has 0 bridgehead atoms. The number of rotatable bonds is 6. The minimum absolute atomic E-state index is 0.0952. The molecule has 1 aromatic carbocycles. The van der Waals surface area contributed by atoms with Crippen LogP contribution in [0.5, 0.6) is 0 Å². The van der Waals surface area contributed by atoms with Crippen LogP contribution in [-0.2, 0) is 24.4 Å². The molecule has 0 spiro atoms. The van der Waals surface area contributed by atoms with Crippen molar-refractivity contribution in [2.24, 2.45) is 0 Å². The molecule has 2 aliphatic rings. The highest BCUT2D eigenvalue weighted by molar-refractivity contribution is 6.30. The first-order valence-corrected chi connectivity index (χ1v) is 10.9. The Morgan fingerprint density at radius 2 is 1.97 bits per heavy atom. The number of nitrogens with one attached hydrogen (secondary N) is 2. The Bertz CT molecular complexity index is 1150. The topological polar surface area (TPSA) is 105 Å². The summed E-state index contributed by atoms with van der Waals surface area (Å²) >= 11 is 5.94. The zero-order valence-electron chi connectivity index (χ0n) is 17.3. The van der Waals surface area contributed by atoms with E-state index in [0.29, 0.717) is 42.7 Å². The van der Waals surface area contributed by atoms with Crippen molar-refractivity contribution in [1.82, 2.24) is 35.3 Å². The van der Waals surface area contributed by atoms with Gasteiger partial charge in [0.05, 0.1) is 5.69 Å². The van der Waals surface area contributed by atoms with Gasteiger partial charge in [0.15, 0.2) is 5.69 Å². The summed E-state index contributed by atoms with van der Waals surface area (Å²) in [4.78, 5) is 35.5. The van der Waals surface area contributed by atoms with Crippen LogP contribution in [0.1, 0.15) is 40.2 Å². The molecular formula is C22H22ClN7O2. The highest BCUT2D eigenvalue weighted by Gasteiger charge is 2.33. The average Bonchev–Trinajstić information content (AvgIpc) is 3.49. The lowest BCUT2D eigenvalue weighted by molar-refractivity contribution is -0.119. The van der Waals surface area contributed by atoms with Gasteiger partial charge in [-0.05, 0) is 30.2 Å². The summed E-state index contributed by atoms with van der Waals surface area (Å²) in [6, 6.07) is 9.21. The molecule has 32 heavy (non-hydrogen) atoms. The van der Waals surface area contributed by atoms with Crippen molar-refractivity contribution < 1.29 is 9.59 Å². The molecule has 2 N–H and O–H groups in total. The number of benzene rings is 1. The van der Waals surface area contributed by atoms with E-state index in [1.54, 1.807) is 35.3 Å². The van der Waals surface area contributed by atoms with Crippen LogP contribution in [0.2, 0.25) is 5.02 Å². The molecular weight excluding hydrogens is 430 g/mol. The Kier molecular flexibility index (Phi) is 5.59. The van der Waals surface area contributed by atoms with Gasteiger partial charge in [0.2, 0.25) is 5.91 Å². The summed E-state index contributed by atoms with van der Waals surface area (Å²) in [6.45, 7) is 2.29. The molecule has 2 aliphatic heterocycles. The number of fused-ring (bicyclic) bond motifs is 1. The number of hydrogen-bond donors (Lipinski definition) is 2. The molecule has 164 valence electrons. The third-order valence-corrected chi connectivity index (χ3v) is 5.98. The summed E-state index contributed by atoms with van der Waals surface area (Å²) < 4.78 is 1.65. The van der Waals surface area contributed by atoms with Crippen molar-refractivity contribution in [3.05, 3.63) is 70.3 Å². The highest BCUT2D eigenvalue weighted by atomic mass is 35.5. The number of hydrogen-bond acceptors (Lipinski definition) is 6. The minimum Gasteiger partial charge on any atom is -0.352 e. The zero-order chi connectivity index (χ0) is 22.1. The third-order valence-electron chi connectivity index (χ3n) is 5.73. The van der Waals surface area contributed by atoms with Crippen molar-refractivity contribution in [3.8, 4) is 5.95 Å². The van der Waals surface area contributed by atoms with E-state index in [4.69, 9.17) is 11.6 Å². The van der Waals surface area contributed by atoms with Crippen LogP contribution in [0.15, 0.2) is 42.7 Å². The SMILES string of the molecule is O=C1CC[C@H](CN2Cc3c(C(=O)NCc4ccc(Cl)cc4)nn(-c4ncccn4)c3C2)N1. The quantitative estimate of drug-likeness (QED) is 0.592. The summed E-state index contributed by atoms with van der Waals surface area (Å²) in [5.74, 6) is 0.274. The molecule has 10 heteroatoms. The minimum atomic E-state index is -0.248. The lowest BCUT2D eigenvalue weighted by Crippen LogP contribution is -2.36. The zero-order valence-corrected chi connectivity index (χ0v) is 18.0. The predicted octanol–water partition coefficient (Wildman–Crippen LogP) is 1.84. The lowest BCUT2D eigenvalue weighted by Gasteiger charge is -2.20. The Morgan fingerprint density at radius 3 is 2.69 bits per heavy atom. The van der Waals surface area contributed by atoms with Gasteiger partial charge in [-0.2, -0.15) is 5.10 Å². The number of carbonyl (C=O) groups is 2. The van der Waals surface area contributed by atoms with E-state index >= 15 is 0 Å². The van der Waals surface area contributed by atoms with Crippen LogP contribution in [0.3, 0.4) is 0 Å². The Hall–Kier alpha value is -3.30. The van der Waals surface area contributed by atoms with Crippen LogP contribution in [0, 0.1) is 0 Å². The van der Waals surface area contributed by atoms with E-state index in [1.807, 2.05) is 12.1 Å². The number of carbonyl (C=O) groups excluding carboxylic acids is 2. The summed E-state index contributed by atoms with van der Waals surface area (Å²) in [6.07, 6.45) is 4.69. The first kappa shape index (κ1) is 20.6. The van der Waals surface area contributed by atoms with Gasteiger partial charge in [0.1, 0.15) is 0 Å². The molecule has 4 heterocycles. The maximum atomic E-state index is 13.1. The van der Waals surface area contributed by atoms with Crippen LogP contribution in [-0.4, -0.2) is 49.0 Å². The first-order valence-electron chi connectivity index (χ1n) is 10.5. The number of nitrogens with zero attached hydrogens (tertiary/aromatic N) is 5. The average molecular weight is 452 g/mol. The van der Waals surface area contributed by atoms with Crippen molar-refractivity contribution >= 4 is 23.4 Å². The number of halogens is 1. The Morgan fingerprint density at radius 1 is 1.19 bits per heavy atom. The molecule has 3 aromatic rings. The van der Waals surface area contributed by atoms with Gasteiger partial charge < -0.3 is 10.6 Å². The van der Waals surface area contributed by atoms with Crippen molar-refractivity contribution in [2.45, 2.75) is 38.5 Å². The smallest absolute Gasteiger partial charge is 0.272 e. The number of aromatic nitrogens is 4. The van der Waals surface area contributed by atoms with Gasteiger partial charge in [-0.25, -0.2) is 14.6 Å². The molecule has 5 rings (SSSR count). The third kappa shape index (κ3) is 4.21. The molecule has 0 unspecified atom stereocenters. The molecule has 1 saturated heterocycles. The highest BCUT2D eigenvalue weighted by Crippen LogP contribution is 2.28. The fourth-order valence-corrected chi connectivity index (χ4v) is 4.30. The monoisotopic (exact) mass is 451 g/mol. The lowest BCUT2D eigenvalue weighted by atomic mass is 10.2. The molecule has 0 radical (unpaired) electrons. The summed E-state index contributed by atoms with van der Waals surface area (Å²) in [5.41, 5.74) is 3.09. The molecule has 2 amide bonds. The van der Waals surface area contributed by atoms with Crippen molar-refractivity contribution in [1.29, 1.82) is 0 Å². The van der Waals surface area contributed by atoms with E-state index < -0.39 is 0 Å². The van der Waals surface area contributed by atoms with E-state index in [-0.39, 0.29) is 17.9 Å². The fraction of sp³-hybridized carbons (Fsp3) is 0.318. The summed E-state index contributed by atoms with van der Waals surface area (Å²) in [7, 11) is 0. The van der Waals surface area contributed by atoms with Crippen LogP contribution >= 0.6 is 11.6 Å². The van der Waals surface area contributed by atoms with Gasteiger partial charge in [-0.3, -0.25) is 14.5 Å². The van der Waals surface area contributed by atoms with Crippen LogP contribution in [0.25, 0.3) is 5.95 Å².